The Balaban J connectivity index is 1.90. The fourth-order valence-electron chi connectivity index (χ4n) is 3.46. The minimum absolute atomic E-state index is 0.110. The minimum Gasteiger partial charge on any atom is -0.497 e. The van der Waals surface area contributed by atoms with Gasteiger partial charge in [0.25, 0.3) is 0 Å². The summed E-state index contributed by atoms with van der Waals surface area (Å²) >= 11 is 0. The number of methoxy groups -OCH3 is 2. The number of nitrogens with one attached hydrogen (secondary N) is 2. The predicted molar refractivity (Wildman–Crippen MR) is 123 cm³/mol. The molecule has 8 nitrogen and oxygen atoms in total. The molecule has 0 amide bonds. The number of pyridine rings is 1. The number of aliphatic hydroxyl groups excluding tert-OH is 1. The summed E-state index contributed by atoms with van der Waals surface area (Å²) in [4.78, 5) is 13.0. The summed E-state index contributed by atoms with van der Waals surface area (Å²) in [6.07, 6.45) is -4.51. The van der Waals surface area contributed by atoms with Crippen LogP contribution in [-0.2, 0) is 6.54 Å². The highest BCUT2D eigenvalue weighted by Gasteiger charge is 2.43. The number of halogens is 3. The monoisotopic (exact) mass is 479 g/mol. The Morgan fingerprint density at radius 1 is 1.12 bits per heavy atom. The first kappa shape index (κ1) is 25.3. The summed E-state index contributed by atoms with van der Waals surface area (Å²) < 4.78 is 50.5. The average molecular weight is 480 g/mol. The molecule has 3 N–H and O–H groups in total. The second-order valence-electron chi connectivity index (χ2n) is 7.68. The normalized spacial score (nSPS) is 13.4. The molecular formula is C23H28F3N5O3. The quantitative estimate of drug-likeness (QED) is 0.368. The molecule has 34 heavy (non-hydrogen) atoms. The number of hydrogen-bond donors (Lipinski definition) is 3. The van der Waals surface area contributed by atoms with E-state index in [1.54, 1.807) is 38.5 Å². The molecule has 0 aliphatic carbocycles. The van der Waals surface area contributed by atoms with E-state index in [9.17, 15) is 18.3 Å². The Kier molecular flexibility index (Phi) is 8.32. The van der Waals surface area contributed by atoms with Gasteiger partial charge in [-0.1, -0.05) is 19.8 Å². The van der Waals surface area contributed by atoms with Gasteiger partial charge in [-0.15, -0.1) is 0 Å². The summed E-state index contributed by atoms with van der Waals surface area (Å²) in [5.41, 5.74) is 1.56. The summed E-state index contributed by atoms with van der Waals surface area (Å²) in [7, 11) is 3.10. The fraction of sp³-hybridized carbons (Fsp3) is 0.435. The predicted octanol–water partition coefficient (Wildman–Crippen LogP) is 4.55. The Labute approximate surface area is 195 Å². The number of benzene rings is 1. The van der Waals surface area contributed by atoms with E-state index in [4.69, 9.17) is 9.47 Å². The number of nitrogens with zero attached hydrogens (tertiary/aromatic N) is 3. The molecule has 0 spiro atoms. The number of anilines is 2. The molecule has 0 bridgehead atoms. The molecule has 2 atom stereocenters. The second kappa shape index (κ2) is 11.2. The SMILES string of the molecule is CCCC[C@@H](Nc1nc(NCc2ccc(OC)cc2OC)nc2cccnc12)[C@@H](O)C(F)(F)F. The van der Waals surface area contributed by atoms with Gasteiger partial charge in [0.15, 0.2) is 11.9 Å². The van der Waals surface area contributed by atoms with E-state index in [2.05, 4.69) is 25.6 Å². The topological polar surface area (TPSA) is 101 Å². The standard InChI is InChI=1S/C23H28F3N5O3/c1-4-5-7-17(20(32)23(24,25)26)29-21-19-16(8-6-11-27-19)30-22(31-21)28-13-14-9-10-15(33-2)12-18(14)34-3/h6,8-12,17,20,32H,4-5,7,13H2,1-3H3,(H2,28,29,30,31)/t17-,20-/m1/s1. The third kappa shape index (κ3) is 6.16. The molecule has 3 aromatic rings. The van der Waals surface area contributed by atoms with Crippen molar-refractivity contribution in [2.45, 2.75) is 51.1 Å². The number of ether oxygens (including phenoxy) is 2. The third-order valence-corrected chi connectivity index (χ3v) is 5.29. The highest BCUT2D eigenvalue weighted by molar-refractivity contribution is 5.86. The lowest BCUT2D eigenvalue weighted by Gasteiger charge is -2.26. The van der Waals surface area contributed by atoms with Gasteiger partial charge in [0.2, 0.25) is 5.95 Å². The molecule has 0 aliphatic heterocycles. The third-order valence-electron chi connectivity index (χ3n) is 5.29. The maximum absolute atomic E-state index is 13.3. The molecule has 184 valence electrons. The fourth-order valence-corrected chi connectivity index (χ4v) is 3.46. The molecule has 2 aromatic heterocycles. The van der Waals surface area contributed by atoms with Crippen LogP contribution in [0.4, 0.5) is 24.9 Å². The van der Waals surface area contributed by atoms with Gasteiger partial charge in [0, 0.05) is 24.4 Å². The molecule has 1 aromatic carbocycles. The Morgan fingerprint density at radius 3 is 2.59 bits per heavy atom. The maximum atomic E-state index is 13.3. The van der Waals surface area contributed by atoms with Crippen molar-refractivity contribution in [1.82, 2.24) is 15.0 Å². The van der Waals surface area contributed by atoms with Crippen LogP contribution in [-0.4, -0.2) is 52.6 Å². The van der Waals surface area contributed by atoms with Crippen molar-refractivity contribution in [3.63, 3.8) is 0 Å². The molecule has 11 heteroatoms. The van der Waals surface area contributed by atoms with Crippen molar-refractivity contribution < 1.29 is 27.8 Å². The van der Waals surface area contributed by atoms with Crippen molar-refractivity contribution in [1.29, 1.82) is 0 Å². The first-order valence-corrected chi connectivity index (χ1v) is 10.9. The molecule has 3 rings (SSSR count). The highest BCUT2D eigenvalue weighted by atomic mass is 19.4. The lowest BCUT2D eigenvalue weighted by atomic mass is 10.0. The van der Waals surface area contributed by atoms with Crippen molar-refractivity contribution in [2.75, 3.05) is 24.9 Å². The minimum atomic E-state index is -4.77. The second-order valence-corrected chi connectivity index (χ2v) is 7.68. The summed E-state index contributed by atoms with van der Waals surface area (Å²) in [6, 6.07) is 7.44. The molecule has 0 radical (unpaired) electrons. The number of unbranched alkanes of at least 4 members (excludes halogenated alkanes) is 1. The van der Waals surface area contributed by atoms with Gasteiger partial charge in [-0.05, 0) is 30.7 Å². The van der Waals surface area contributed by atoms with Crippen LogP contribution in [0.3, 0.4) is 0 Å². The number of fused-ring (bicyclic) bond motifs is 1. The zero-order chi connectivity index (χ0) is 24.7. The van der Waals surface area contributed by atoms with Crippen LogP contribution in [0.25, 0.3) is 11.0 Å². The van der Waals surface area contributed by atoms with Gasteiger partial charge in [-0.2, -0.15) is 18.2 Å². The van der Waals surface area contributed by atoms with E-state index in [1.807, 2.05) is 13.0 Å². The summed E-state index contributed by atoms with van der Waals surface area (Å²) in [5.74, 6) is 1.54. The number of rotatable bonds is 11. The van der Waals surface area contributed by atoms with Crippen LogP contribution in [0, 0.1) is 0 Å². The van der Waals surface area contributed by atoms with E-state index < -0.39 is 18.3 Å². The lowest BCUT2D eigenvalue weighted by molar-refractivity contribution is -0.208. The molecule has 0 fully saturated rings. The van der Waals surface area contributed by atoms with Gasteiger partial charge >= 0.3 is 6.18 Å². The Hall–Kier alpha value is -3.34. The van der Waals surface area contributed by atoms with Crippen LogP contribution in [0.5, 0.6) is 11.5 Å². The van der Waals surface area contributed by atoms with Crippen molar-refractivity contribution in [2.24, 2.45) is 0 Å². The number of hydrogen-bond acceptors (Lipinski definition) is 8. The molecular weight excluding hydrogens is 451 g/mol. The van der Waals surface area contributed by atoms with Crippen LogP contribution < -0.4 is 20.1 Å². The van der Waals surface area contributed by atoms with Gasteiger partial charge in [-0.3, -0.25) is 4.98 Å². The summed E-state index contributed by atoms with van der Waals surface area (Å²) in [6.45, 7) is 2.16. The van der Waals surface area contributed by atoms with Crippen LogP contribution in [0.1, 0.15) is 31.7 Å². The Morgan fingerprint density at radius 2 is 1.91 bits per heavy atom. The smallest absolute Gasteiger partial charge is 0.416 e. The Bertz CT molecular complexity index is 1100. The summed E-state index contributed by atoms with van der Waals surface area (Å²) in [5, 5.41) is 15.8. The largest absolute Gasteiger partial charge is 0.497 e. The van der Waals surface area contributed by atoms with Crippen molar-refractivity contribution in [3.05, 3.63) is 42.1 Å². The van der Waals surface area contributed by atoms with E-state index in [-0.39, 0.29) is 18.2 Å². The molecule has 0 saturated heterocycles. The van der Waals surface area contributed by atoms with E-state index in [0.717, 1.165) is 5.56 Å². The first-order valence-electron chi connectivity index (χ1n) is 10.9. The molecule has 0 aliphatic rings. The number of aliphatic hydroxyl groups is 1. The van der Waals surface area contributed by atoms with Crippen LogP contribution in [0.2, 0.25) is 0 Å². The van der Waals surface area contributed by atoms with Gasteiger partial charge in [-0.25, -0.2) is 4.98 Å². The highest BCUT2D eigenvalue weighted by Crippen LogP contribution is 2.29. The molecule has 0 saturated carbocycles. The maximum Gasteiger partial charge on any atom is 0.416 e. The van der Waals surface area contributed by atoms with Crippen molar-refractivity contribution in [3.8, 4) is 11.5 Å². The van der Waals surface area contributed by atoms with Crippen molar-refractivity contribution >= 4 is 22.8 Å². The van der Waals surface area contributed by atoms with E-state index in [1.165, 1.54) is 6.20 Å². The first-order chi connectivity index (χ1) is 16.3. The van der Waals surface area contributed by atoms with Gasteiger partial charge < -0.3 is 25.2 Å². The molecule has 2 heterocycles. The zero-order valence-electron chi connectivity index (χ0n) is 19.2. The van der Waals surface area contributed by atoms with E-state index in [0.29, 0.717) is 41.9 Å². The number of alkyl halides is 3. The van der Waals surface area contributed by atoms with Crippen LogP contribution in [0.15, 0.2) is 36.5 Å². The number of aromatic nitrogens is 3. The lowest BCUT2D eigenvalue weighted by Crippen LogP contribution is -2.44. The average Bonchev–Trinajstić information content (AvgIpc) is 2.84. The van der Waals surface area contributed by atoms with Gasteiger partial charge in [0.05, 0.1) is 25.8 Å². The zero-order valence-corrected chi connectivity index (χ0v) is 19.2. The van der Waals surface area contributed by atoms with Crippen LogP contribution >= 0.6 is 0 Å². The van der Waals surface area contributed by atoms with E-state index >= 15 is 0 Å². The van der Waals surface area contributed by atoms with Gasteiger partial charge in [0.1, 0.15) is 17.0 Å². The molecule has 0 unspecified atom stereocenters.